The summed E-state index contributed by atoms with van der Waals surface area (Å²) in [6.07, 6.45) is -1.48. The predicted molar refractivity (Wildman–Crippen MR) is 105 cm³/mol. The van der Waals surface area contributed by atoms with Crippen molar-refractivity contribution in [2.24, 2.45) is 5.92 Å². The van der Waals surface area contributed by atoms with Crippen LogP contribution in [0.15, 0.2) is 42.6 Å². The lowest BCUT2D eigenvalue weighted by molar-refractivity contribution is -0.144. The highest BCUT2D eigenvalue weighted by atomic mass is 19.4. The summed E-state index contributed by atoms with van der Waals surface area (Å²) in [6, 6.07) is 6.41. The van der Waals surface area contributed by atoms with Crippen molar-refractivity contribution >= 4 is 10.9 Å². The maximum atomic E-state index is 13.4. The van der Waals surface area contributed by atoms with Gasteiger partial charge in [0.1, 0.15) is 5.75 Å². The van der Waals surface area contributed by atoms with Crippen molar-refractivity contribution in [2.45, 2.75) is 50.9 Å². The Bertz CT molecular complexity index is 1030. The summed E-state index contributed by atoms with van der Waals surface area (Å²) < 4.78 is 85.6. The molecule has 1 N–H and O–H groups in total. The van der Waals surface area contributed by atoms with Gasteiger partial charge in [-0.25, -0.2) is 0 Å². The van der Waals surface area contributed by atoms with Crippen LogP contribution in [-0.4, -0.2) is 4.98 Å². The summed E-state index contributed by atoms with van der Waals surface area (Å²) in [5.41, 5.74) is -1.16. The van der Waals surface area contributed by atoms with Crippen LogP contribution < -0.4 is 4.74 Å². The van der Waals surface area contributed by atoms with Crippen molar-refractivity contribution in [3.63, 3.8) is 0 Å². The second-order valence-corrected chi connectivity index (χ2v) is 8.01. The van der Waals surface area contributed by atoms with Crippen LogP contribution in [0.4, 0.5) is 26.3 Å². The molecule has 1 aliphatic carbocycles. The van der Waals surface area contributed by atoms with E-state index in [4.69, 9.17) is 4.74 Å². The van der Waals surface area contributed by atoms with Gasteiger partial charge < -0.3 is 9.72 Å². The van der Waals surface area contributed by atoms with Crippen LogP contribution in [0.25, 0.3) is 10.9 Å². The lowest BCUT2D eigenvalue weighted by atomic mass is 9.85. The number of benzene rings is 2. The molecule has 2 aromatic carbocycles. The zero-order chi connectivity index (χ0) is 22.2. The summed E-state index contributed by atoms with van der Waals surface area (Å²) in [6.45, 7) is 0. The van der Waals surface area contributed by atoms with E-state index in [2.05, 4.69) is 4.98 Å². The minimum Gasteiger partial charge on any atom is -0.456 e. The molecule has 1 heterocycles. The van der Waals surface area contributed by atoms with Crippen LogP contribution >= 0.6 is 0 Å². The second-order valence-electron chi connectivity index (χ2n) is 8.01. The third-order valence-electron chi connectivity index (χ3n) is 5.82. The maximum absolute atomic E-state index is 13.4. The fraction of sp³-hybridized carbons (Fsp3) is 0.391. The largest absolute Gasteiger partial charge is 0.456 e. The third-order valence-corrected chi connectivity index (χ3v) is 5.82. The van der Waals surface area contributed by atoms with Gasteiger partial charge in [-0.15, -0.1) is 0 Å². The summed E-state index contributed by atoms with van der Waals surface area (Å²) >= 11 is 0. The van der Waals surface area contributed by atoms with Gasteiger partial charge >= 0.3 is 12.4 Å². The van der Waals surface area contributed by atoms with E-state index in [1.54, 1.807) is 6.07 Å². The first-order valence-corrected chi connectivity index (χ1v) is 10.2. The molecule has 0 radical (unpaired) electrons. The van der Waals surface area contributed by atoms with Crippen molar-refractivity contribution in [1.29, 1.82) is 0 Å². The SMILES string of the molecule is FC(F)(F)c1cccc(C(F)(F)F)c1Oc1ccc2[nH]cc(CC3CCCCC3)c2c1. The number of fused-ring (bicyclic) bond motifs is 1. The third kappa shape index (κ3) is 4.67. The Morgan fingerprint density at radius 1 is 0.871 bits per heavy atom. The van der Waals surface area contributed by atoms with E-state index in [-0.39, 0.29) is 5.75 Å². The van der Waals surface area contributed by atoms with Gasteiger partial charge in [0, 0.05) is 17.1 Å². The number of aromatic amines is 1. The van der Waals surface area contributed by atoms with Gasteiger partial charge in [0.2, 0.25) is 0 Å². The Morgan fingerprint density at radius 2 is 1.52 bits per heavy atom. The number of hydrogen-bond donors (Lipinski definition) is 1. The summed E-state index contributed by atoms with van der Waals surface area (Å²) in [5.74, 6) is -0.773. The molecule has 4 rings (SSSR count). The molecule has 0 atom stereocenters. The lowest BCUT2D eigenvalue weighted by Crippen LogP contribution is -2.13. The number of alkyl halides is 6. The molecule has 0 amide bonds. The molecule has 2 nitrogen and oxygen atoms in total. The summed E-state index contributed by atoms with van der Waals surface area (Å²) in [7, 11) is 0. The fourth-order valence-electron chi connectivity index (χ4n) is 4.30. The molecule has 0 spiro atoms. The van der Waals surface area contributed by atoms with Gasteiger partial charge in [0.15, 0.2) is 5.75 Å². The van der Waals surface area contributed by atoms with E-state index in [0.29, 0.717) is 18.1 Å². The molecule has 166 valence electrons. The van der Waals surface area contributed by atoms with Gasteiger partial charge in [-0.05, 0) is 48.2 Å². The second kappa shape index (κ2) is 8.13. The maximum Gasteiger partial charge on any atom is 0.420 e. The average Bonchev–Trinajstić information content (AvgIpc) is 3.09. The van der Waals surface area contributed by atoms with Crippen molar-refractivity contribution in [3.05, 3.63) is 59.3 Å². The van der Waals surface area contributed by atoms with Crippen LogP contribution in [0.1, 0.15) is 48.8 Å². The molecule has 0 unspecified atom stereocenters. The number of ether oxygens (including phenoxy) is 1. The highest BCUT2D eigenvalue weighted by molar-refractivity contribution is 5.84. The van der Waals surface area contributed by atoms with Crippen LogP contribution in [-0.2, 0) is 18.8 Å². The monoisotopic (exact) mass is 441 g/mol. The van der Waals surface area contributed by atoms with E-state index in [0.717, 1.165) is 41.8 Å². The van der Waals surface area contributed by atoms with E-state index >= 15 is 0 Å². The molecule has 0 saturated heterocycles. The minimum atomic E-state index is -4.99. The molecular weight excluding hydrogens is 420 g/mol. The smallest absolute Gasteiger partial charge is 0.420 e. The van der Waals surface area contributed by atoms with E-state index in [9.17, 15) is 26.3 Å². The number of H-pyrrole nitrogens is 1. The number of rotatable bonds is 4. The van der Waals surface area contributed by atoms with Gasteiger partial charge in [-0.2, -0.15) is 26.3 Å². The molecule has 1 saturated carbocycles. The summed E-state index contributed by atoms with van der Waals surface area (Å²) in [5, 5.41) is 0.751. The van der Waals surface area contributed by atoms with Gasteiger partial charge in [-0.1, -0.05) is 38.2 Å². The normalized spacial score (nSPS) is 16.1. The first-order chi connectivity index (χ1) is 14.6. The average molecular weight is 441 g/mol. The molecule has 0 bridgehead atoms. The van der Waals surface area contributed by atoms with Crippen LogP contribution in [0.3, 0.4) is 0 Å². The molecule has 1 fully saturated rings. The quantitative estimate of drug-likeness (QED) is 0.406. The van der Waals surface area contributed by atoms with Gasteiger partial charge in [-0.3, -0.25) is 0 Å². The van der Waals surface area contributed by atoms with Gasteiger partial charge in [0.05, 0.1) is 11.1 Å². The summed E-state index contributed by atoms with van der Waals surface area (Å²) in [4.78, 5) is 3.12. The predicted octanol–water partition coefficient (Wildman–Crippen LogP) is 8.12. The first kappa shape index (κ1) is 21.6. The number of halogens is 6. The lowest BCUT2D eigenvalue weighted by Gasteiger charge is -2.21. The Morgan fingerprint density at radius 3 is 2.13 bits per heavy atom. The zero-order valence-corrected chi connectivity index (χ0v) is 16.5. The van der Waals surface area contributed by atoms with Crippen LogP contribution in [0.2, 0.25) is 0 Å². The van der Waals surface area contributed by atoms with Crippen LogP contribution in [0, 0.1) is 5.92 Å². The molecule has 1 aliphatic rings. The number of hydrogen-bond acceptors (Lipinski definition) is 1. The number of nitrogens with one attached hydrogen (secondary N) is 1. The Labute approximate surface area is 175 Å². The Balaban J connectivity index is 1.71. The Hall–Kier alpha value is -2.64. The fourth-order valence-corrected chi connectivity index (χ4v) is 4.30. The highest BCUT2D eigenvalue weighted by Crippen LogP contribution is 2.46. The van der Waals surface area contributed by atoms with Crippen LogP contribution in [0.5, 0.6) is 11.5 Å². The molecule has 0 aliphatic heterocycles. The molecule has 3 aromatic rings. The molecule has 1 aromatic heterocycles. The zero-order valence-electron chi connectivity index (χ0n) is 16.5. The Kier molecular flexibility index (Phi) is 5.66. The van der Waals surface area contributed by atoms with Crippen molar-refractivity contribution in [1.82, 2.24) is 4.98 Å². The van der Waals surface area contributed by atoms with E-state index in [1.165, 1.54) is 31.4 Å². The molecule has 8 heteroatoms. The van der Waals surface area contributed by atoms with Crippen molar-refractivity contribution in [3.8, 4) is 11.5 Å². The highest BCUT2D eigenvalue weighted by Gasteiger charge is 2.42. The number of aromatic nitrogens is 1. The molecule has 31 heavy (non-hydrogen) atoms. The standard InChI is InChI=1S/C23H21F6NO/c24-22(25,26)18-7-4-8-19(23(27,28)29)21(18)31-16-9-10-20-17(12-16)15(13-30-20)11-14-5-2-1-3-6-14/h4,7-10,12-14,30H,1-3,5-6,11H2. The van der Waals surface area contributed by atoms with Gasteiger partial charge in [0.25, 0.3) is 0 Å². The topological polar surface area (TPSA) is 25.0 Å². The van der Waals surface area contributed by atoms with E-state index in [1.807, 2.05) is 6.20 Å². The molecular formula is C23H21F6NO. The van der Waals surface area contributed by atoms with E-state index < -0.39 is 29.2 Å². The van der Waals surface area contributed by atoms with Crippen molar-refractivity contribution < 1.29 is 31.1 Å². The minimum absolute atomic E-state index is 0.0702. The first-order valence-electron chi connectivity index (χ1n) is 10.2. The van der Waals surface area contributed by atoms with Crippen molar-refractivity contribution in [2.75, 3.05) is 0 Å². The number of para-hydroxylation sites is 1.